The van der Waals surface area contributed by atoms with Crippen LogP contribution in [-0.4, -0.2) is 22.4 Å². The number of phenolic OH excluding ortho intramolecular Hbond substituents is 1. The minimum atomic E-state index is -0.510. The van der Waals surface area contributed by atoms with Gasteiger partial charge in [-0.05, 0) is 37.7 Å². The van der Waals surface area contributed by atoms with Crippen LogP contribution in [0.4, 0.5) is 0 Å². The second-order valence-corrected chi connectivity index (χ2v) is 10.1. The SMILES string of the molecule is CCC1(C)C(C)CCC2C(C)(C)C(=O)CCC21Oc1cc(O)cc2c1CNC2=O. The third kappa shape index (κ3) is 2.65. The van der Waals surface area contributed by atoms with E-state index in [0.717, 1.165) is 24.8 Å². The van der Waals surface area contributed by atoms with E-state index in [2.05, 4.69) is 39.9 Å². The van der Waals surface area contributed by atoms with Gasteiger partial charge >= 0.3 is 0 Å². The molecule has 2 fully saturated rings. The van der Waals surface area contributed by atoms with Crippen LogP contribution in [0, 0.1) is 22.7 Å². The van der Waals surface area contributed by atoms with Crippen molar-refractivity contribution in [2.75, 3.05) is 0 Å². The van der Waals surface area contributed by atoms with E-state index in [9.17, 15) is 14.7 Å². The van der Waals surface area contributed by atoms with Gasteiger partial charge in [0.1, 0.15) is 22.9 Å². The number of ketones is 1. The summed E-state index contributed by atoms with van der Waals surface area (Å²) in [6, 6.07) is 3.15. The molecule has 5 nitrogen and oxygen atoms in total. The Labute approximate surface area is 173 Å². The van der Waals surface area contributed by atoms with Crippen molar-refractivity contribution in [3.05, 3.63) is 23.3 Å². The Hall–Kier alpha value is -2.04. The molecule has 1 aliphatic heterocycles. The molecule has 0 aromatic heterocycles. The molecule has 2 aliphatic carbocycles. The van der Waals surface area contributed by atoms with E-state index in [1.165, 1.54) is 6.07 Å². The number of carbonyl (C=O) groups excluding carboxylic acids is 2. The maximum absolute atomic E-state index is 12.9. The number of hydrogen-bond acceptors (Lipinski definition) is 4. The van der Waals surface area contributed by atoms with Gasteiger partial charge in [0.05, 0.1) is 5.56 Å². The Balaban J connectivity index is 1.89. The number of phenols is 1. The van der Waals surface area contributed by atoms with E-state index >= 15 is 0 Å². The molecule has 1 aromatic carbocycles. The number of ether oxygens (including phenoxy) is 1. The molecule has 0 saturated heterocycles. The molecule has 0 bridgehead atoms. The van der Waals surface area contributed by atoms with E-state index in [-0.39, 0.29) is 23.0 Å². The number of hydrogen-bond donors (Lipinski definition) is 2. The van der Waals surface area contributed by atoms with Gasteiger partial charge in [-0.1, -0.05) is 34.6 Å². The van der Waals surface area contributed by atoms with Gasteiger partial charge in [0.15, 0.2) is 0 Å². The van der Waals surface area contributed by atoms with Crippen LogP contribution in [0.5, 0.6) is 11.5 Å². The zero-order valence-corrected chi connectivity index (χ0v) is 18.2. The van der Waals surface area contributed by atoms with Crippen LogP contribution in [0.25, 0.3) is 0 Å². The lowest BCUT2D eigenvalue weighted by atomic mass is 9.45. The van der Waals surface area contributed by atoms with Gasteiger partial charge in [0, 0.05) is 41.3 Å². The molecular formula is C24H33NO4. The first kappa shape index (κ1) is 20.2. The van der Waals surface area contributed by atoms with Crippen LogP contribution in [0.3, 0.4) is 0 Å². The lowest BCUT2D eigenvalue weighted by Crippen LogP contribution is -2.67. The Morgan fingerprint density at radius 1 is 1.21 bits per heavy atom. The summed E-state index contributed by atoms with van der Waals surface area (Å²) >= 11 is 0. The monoisotopic (exact) mass is 399 g/mol. The predicted octanol–water partition coefficient (Wildman–Crippen LogP) is 4.60. The van der Waals surface area contributed by atoms with Crippen molar-refractivity contribution in [1.29, 1.82) is 0 Å². The lowest BCUT2D eigenvalue weighted by molar-refractivity contribution is -0.202. The van der Waals surface area contributed by atoms with Gasteiger partial charge < -0.3 is 15.2 Å². The molecule has 4 atom stereocenters. The Kier molecular flexibility index (Phi) is 4.52. The van der Waals surface area contributed by atoms with Crippen LogP contribution in [-0.2, 0) is 11.3 Å². The Morgan fingerprint density at radius 3 is 2.62 bits per heavy atom. The highest BCUT2D eigenvalue weighted by atomic mass is 16.5. The maximum atomic E-state index is 12.9. The second kappa shape index (κ2) is 6.48. The van der Waals surface area contributed by atoms with Crippen molar-refractivity contribution in [2.45, 2.75) is 78.9 Å². The van der Waals surface area contributed by atoms with Crippen molar-refractivity contribution in [3.8, 4) is 11.5 Å². The first-order valence-electron chi connectivity index (χ1n) is 10.9. The quantitative estimate of drug-likeness (QED) is 0.779. The summed E-state index contributed by atoms with van der Waals surface area (Å²) < 4.78 is 6.98. The standard InChI is InChI=1S/C24H33NO4/c1-6-23(5)14(2)7-8-19-22(3,4)20(27)9-10-24(19,23)29-18-12-15(26)11-16-17(18)13-25-21(16)28/h11-12,14,19,26H,6-10,13H2,1-5H3,(H,25,28). The molecule has 3 aliphatic rings. The van der Waals surface area contributed by atoms with Crippen molar-refractivity contribution in [1.82, 2.24) is 5.32 Å². The molecule has 5 heteroatoms. The molecule has 2 saturated carbocycles. The predicted molar refractivity (Wildman–Crippen MR) is 111 cm³/mol. The van der Waals surface area contributed by atoms with Crippen molar-refractivity contribution < 1.29 is 19.4 Å². The molecule has 1 heterocycles. The average molecular weight is 400 g/mol. The number of carbonyl (C=O) groups is 2. The molecule has 4 rings (SSSR count). The van der Waals surface area contributed by atoms with E-state index in [0.29, 0.717) is 42.4 Å². The van der Waals surface area contributed by atoms with Gasteiger partial charge in [-0.25, -0.2) is 0 Å². The highest BCUT2D eigenvalue weighted by Crippen LogP contribution is 2.63. The fourth-order valence-corrected chi connectivity index (χ4v) is 6.46. The van der Waals surface area contributed by atoms with Crippen LogP contribution in [0.2, 0.25) is 0 Å². The fraction of sp³-hybridized carbons (Fsp3) is 0.667. The summed E-state index contributed by atoms with van der Waals surface area (Å²) in [6.07, 6.45) is 4.17. The summed E-state index contributed by atoms with van der Waals surface area (Å²) in [6.45, 7) is 11.4. The minimum Gasteiger partial charge on any atom is -0.508 e. The average Bonchev–Trinajstić information content (AvgIpc) is 3.03. The van der Waals surface area contributed by atoms with Gasteiger partial charge in [0.25, 0.3) is 5.91 Å². The summed E-state index contributed by atoms with van der Waals surface area (Å²) in [5.41, 5.74) is 0.225. The highest BCUT2D eigenvalue weighted by molar-refractivity contribution is 5.99. The first-order chi connectivity index (χ1) is 13.6. The number of rotatable bonds is 3. The summed E-state index contributed by atoms with van der Waals surface area (Å²) in [7, 11) is 0. The largest absolute Gasteiger partial charge is 0.508 e. The molecule has 29 heavy (non-hydrogen) atoms. The van der Waals surface area contributed by atoms with E-state index in [4.69, 9.17) is 4.74 Å². The maximum Gasteiger partial charge on any atom is 0.252 e. The molecule has 0 radical (unpaired) electrons. The summed E-state index contributed by atoms with van der Waals surface area (Å²) in [5, 5.41) is 13.1. The zero-order valence-electron chi connectivity index (χ0n) is 18.2. The molecule has 2 N–H and O–H groups in total. The number of fused-ring (bicyclic) bond motifs is 2. The number of nitrogens with one attached hydrogen (secondary N) is 1. The number of Topliss-reactive ketones (excluding diaryl/α,β-unsaturated/α-hetero) is 1. The van der Waals surface area contributed by atoms with E-state index < -0.39 is 11.0 Å². The molecular weight excluding hydrogens is 366 g/mol. The van der Waals surface area contributed by atoms with Gasteiger partial charge in [-0.2, -0.15) is 0 Å². The lowest BCUT2D eigenvalue weighted by Gasteiger charge is -2.63. The van der Waals surface area contributed by atoms with Crippen molar-refractivity contribution >= 4 is 11.7 Å². The topological polar surface area (TPSA) is 75.6 Å². The van der Waals surface area contributed by atoms with Crippen LogP contribution >= 0.6 is 0 Å². The normalized spacial score (nSPS) is 35.6. The highest BCUT2D eigenvalue weighted by Gasteiger charge is 2.65. The zero-order chi connectivity index (χ0) is 21.2. The third-order valence-corrected chi connectivity index (χ3v) is 8.71. The van der Waals surface area contributed by atoms with Crippen LogP contribution in [0.1, 0.15) is 82.6 Å². The van der Waals surface area contributed by atoms with Gasteiger partial charge in [0.2, 0.25) is 0 Å². The van der Waals surface area contributed by atoms with Crippen LogP contribution < -0.4 is 10.1 Å². The minimum absolute atomic E-state index is 0.0388. The van der Waals surface area contributed by atoms with Crippen molar-refractivity contribution in [3.63, 3.8) is 0 Å². The van der Waals surface area contributed by atoms with Gasteiger partial charge in [-0.3, -0.25) is 9.59 Å². The van der Waals surface area contributed by atoms with Gasteiger partial charge in [-0.15, -0.1) is 0 Å². The van der Waals surface area contributed by atoms with Crippen molar-refractivity contribution in [2.24, 2.45) is 22.7 Å². The van der Waals surface area contributed by atoms with Crippen LogP contribution in [0.15, 0.2) is 12.1 Å². The molecule has 1 aromatic rings. The third-order valence-electron chi connectivity index (χ3n) is 8.71. The number of benzene rings is 1. The summed E-state index contributed by atoms with van der Waals surface area (Å²) in [4.78, 5) is 25.1. The smallest absolute Gasteiger partial charge is 0.252 e. The molecule has 4 unspecified atom stereocenters. The first-order valence-corrected chi connectivity index (χ1v) is 10.9. The Bertz CT molecular complexity index is 876. The Morgan fingerprint density at radius 2 is 1.93 bits per heavy atom. The van der Waals surface area contributed by atoms with E-state index in [1.807, 2.05) is 0 Å². The molecule has 1 amide bonds. The second-order valence-electron chi connectivity index (χ2n) is 10.1. The molecule has 0 spiro atoms. The number of amides is 1. The fourth-order valence-electron chi connectivity index (χ4n) is 6.46. The molecule has 158 valence electrons. The summed E-state index contributed by atoms with van der Waals surface area (Å²) in [5.74, 6) is 1.31. The number of aromatic hydroxyl groups is 1. The van der Waals surface area contributed by atoms with E-state index in [1.54, 1.807) is 6.07 Å².